The van der Waals surface area contributed by atoms with Crippen molar-refractivity contribution in [2.75, 3.05) is 4.90 Å². The number of fused-ring (bicyclic) bond motifs is 10. The molecule has 5 aromatic carbocycles. The molecule has 49 heavy (non-hydrogen) atoms. The fourth-order valence-corrected chi connectivity index (χ4v) is 10.1. The Labute approximate surface area is 291 Å². The van der Waals surface area contributed by atoms with Crippen molar-refractivity contribution < 1.29 is 4.42 Å². The molecule has 240 valence electrons. The van der Waals surface area contributed by atoms with Gasteiger partial charge in [-0.3, -0.25) is 0 Å². The summed E-state index contributed by atoms with van der Waals surface area (Å²) in [6, 6.07) is 33.9. The number of anilines is 3. The predicted octanol–water partition coefficient (Wildman–Crippen LogP) is 11.1. The average Bonchev–Trinajstić information content (AvgIpc) is 3.75. The summed E-state index contributed by atoms with van der Waals surface area (Å²) in [6.07, 6.45) is 2.39. The van der Waals surface area contributed by atoms with Gasteiger partial charge in [-0.1, -0.05) is 88.4 Å². The summed E-state index contributed by atoms with van der Waals surface area (Å²) in [5, 5.41) is 3.75. The van der Waals surface area contributed by atoms with Gasteiger partial charge in [-0.05, 0) is 101 Å². The molecule has 5 heteroatoms. The molecule has 0 unspecified atom stereocenters. The van der Waals surface area contributed by atoms with Crippen molar-refractivity contribution in [3.05, 3.63) is 113 Å². The maximum absolute atomic E-state index is 6.77. The third-order valence-corrected chi connectivity index (χ3v) is 12.9. The van der Waals surface area contributed by atoms with E-state index < -0.39 is 0 Å². The Bertz CT molecular complexity index is 2690. The Hall–Kier alpha value is -4.74. The summed E-state index contributed by atoms with van der Waals surface area (Å²) >= 11 is 1.88. The van der Waals surface area contributed by atoms with Crippen molar-refractivity contribution in [3.63, 3.8) is 0 Å². The van der Waals surface area contributed by atoms with Crippen molar-refractivity contribution in [2.24, 2.45) is 0 Å². The zero-order valence-corrected chi connectivity index (χ0v) is 29.9. The average molecular weight is 655 g/mol. The van der Waals surface area contributed by atoms with Crippen LogP contribution in [-0.2, 0) is 10.8 Å². The number of rotatable bonds is 2. The molecule has 3 nitrogen and oxygen atoms in total. The number of aromatic amines is 1. The molecule has 0 amide bonds. The Morgan fingerprint density at radius 3 is 2.24 bits per heavy atom. The quantitative estimate of drug-likeness (QED) is 0.188. The first-order chi connectivity index (χ1) is 23.6. The van der Waals surface area contributed by atoms with Gasteiger partial charge in [-0.25, -0.2) is 0 Å². The number of benzene rings is 5. The van der Waals surface area contributed by atoms with Crippen molar-refractivity contribution in [2.45, 2.75) is 65.2 Å². The Morgan fingerprint density at radius 1 is 0.714 bits per heavy atom. The molecule has 2 aliphatic rings. The van der Waals surface area contributed by atoms with Gasteiger partial charge in [-0.2, -0.15) is 0 Å². The molecule has 1 aliphatic heterocycles. The highest BCUT2D eigenvalue weighted by molar-refractivity contribution is 7.26. The Balaban J connectivity index is 1.26. The van der Waals surface area contributed by atoms with Crippen LogP contribution < -0.4 is 16.0 Å². The molecule has 1 aliphatic carbocycles. The number of nitrogens with zero attached hydrogens (tertiary/aromatic N) is 1. The van der Waals surface area contributed by atoms with Gasteiger partial charge in [0.15, 0.2) is 0 Å². The van der Waals surface area contributed by atoms with Gasteiger partial charge in [0.05, 0.1) is 27.1 Å². The van der Waals surface area contributed by atoms with E-state index in [0.29, 0.717) is 0 Å². The SMILES string of the molecule is Cc1cc(-c2cccc3c2[nH]c2c4ccccc4sc32)c2c(c1)N(c1cc3c(cc1C)C(C)(C)CCC3(C)C)c1c(oc3ccccc13)B2. The first-order valence-electron chi connectivity index (χ1n) is 17.6. The second kappa shape index (κ2) is 9.92. The first-order valence-corrected chi connectivity index (χ1v) is 18.4. The lowest BCUT2D eigenvalue weighted by atomic mass is 9.60. The van der Waals surface area contributed by atoms with Gasteiger partial charge >= 0.3 is 0 Å². The van der Waals surface area contributed by atoms with Crippen molar-refractivity contribution >= 4 is 89.0 Å². The third-order valence-electron chi connectivity index (χ3n) is 11.7. The molecule has 10 rings (SSSR count). The van der Waals surface area contributed by atoms with E-state index >= 15 is 0 Å². The van der Waals surface area contributed by atoms with E-state index in [0.717, 1.165) is 18.5 Å². The lowest BCUT2D eigenvalue weighted by Gasteiger charge is -2.43. The highest BCUT2D eigenvalue weighted by Gasteiger charge is 2.39. The van der Waals surface area contributed by atoms with Crippen LogP contribution in [0.5, 0.6) is 0 Å². The number of hydrogen-bond donors (Lipinski definition) is 1. The highest BCUT2D eigenvalue weighted by atomic mass is 32.1. The normalized spacial score (nSPS) is 16.2. The van der Waals surface area contributed by atoms with Gasteiger partial charge in [0.25, 0.3) is 0 Å². The summed E-state index contributed by atoms with van der Waals surface area (Å²) in [7, 11) is 0.738. The number of thiophene rings is 1. The number of hydrogen-bond acceptors (Lipinski definition) is 3. The van der Waals surface area contributed by atoms with Crippen molar-refractivity contribution in [1.82, 2.24) is 4.98 Å². The smallest absolute Gasteiger partial charge is 0.244 e. The van der Waals surface area contributed by atoms with E-state index in [4.69, 9.17) is 4.42 Å². The maximum Gasteiger partial charge on any atom is 0.244 e. The molecule has 0 spiro atoms. The summed E-state index contributed by atoms with van der Waals surface area (Å²) in [5.41, 5.74) is 17.7. The van der Waals surface area contributed by atoms with Gasteiger partial charge in [0.2, 0.25) is 7.28 Å². The number of para-hydroxylation sites is 2. The van der Waals surface area contributed by atoms with Crippen LogP contribution in [0.25, 0.3) is 53.3 Å². The van der Waals surface area contributed by atoms with E-state index in [-0.39, 0.29) is 10.8 Å². The van der Waals surface area contributed by atoms with E-state index in [9.17, 15) is 0 Å². The minimum absolute atomic E-state index is 0.102. The van der Waals surface area contributed by atoms with Crippen LogP contribution in [-0.4, -0.2) is 12.3 Å². The fourth-order valence-electron chi connectivity index (χ4n) is 8.94. The summed E-state index contributed by atoms with van der Waals surface area (Å²) in [6.45, 7) is 14.2. The van der Waals surface area contributed by atoms with E-state index in [1.165, 1.54) is 105 Å². The first kappa shape index (κ1) is 29.2. The lowest BCUT2D eigenvalue weighted by molar-refractivity contribution is 0.332. The number of furan rings is 1. The van der Waals surface area contributed by atoms with E-state index in [2.05, 4.69) is 142 Å². The molecule has 0 atom stereocenters. The standard InChI is InChI=1S/C44H39BN2OS/c1-24-20-30(26-14-11-15-29-38(26)46-39-28-13-8-10-17-36(28)49-41(29)39)37-34(21-24)47(40-27-12-7-9-16-35(27)48-42(40)45-37)33-23-32-31(22-25(33)2)43(3,4)18-19-44(32,5)6/h7-17,20-23,45-46H,18-19H2,1-6H3. The molecule has 4 heterocycles. The predicted molar refractivity (Wildman–Crippen MR) is 212 cm³/mol. The molecule has 0 radical (unpaired) electrons. The van der Waals surface area contributed by atoms with Crippen LogP contribution in [0.4, 0.5) is 17.1 Å². The molecule has 1 N–H and O–H groups in total. The minimum atomic E-state index is 0.102. The summed E-state index contributed by atoms with van der Waals surface area (Å²) in [5.74, 6) is 0. The van der Waals surface area contributed by atoms with Crippen LogP contribution in [0.3, 0.4) is 0 Å². The topological polar surface area (TPSA) is 32.2 Å². The van der Waals surface area contributed by atoms with E-state index in [1.807, 2.05) is 11.3 Å². The summed E-state index contributed by atoms with van der Waals surface area (Å²) < 4.78 is 9.42. The molecule has 8 aromatic rings. The van der Waals surface area contributed by atoms with Crippen LogP contribution in [0.1, 0.15) is 62.8 Å². The largest absolute Gasteiger partial charge is 0.469 e. The Morgan fingerprint density at radius 2 is 1.43 bits per heavy atom. The molecule has 0 bridgehead atoms. The van der Waals surface area contributed by atoms with Crippen LogP contribution in [0.15, 0.2) is 95.4 Å². The molecule has 0 saturated carbocycles. The monoisotopic (exact) mass is 654 g/mol. The third kappa shape index (κ3) is 4.09. The van der Waals surface area contributed by atoms with Crippen LogP contribution >= 0.6 is 11.3 Å². The molecule has 0 fully saturated rings. The number of aryl methyl sites for hydroxylation is 2. The molecule has 3 aromatic heterocycles. The zero-order chi connectivity index (χ0) is 33.4. The lowest BCUT2D eigenvalue weighted by Crippen LogP contribution is -2.40. The summed E-state index contributed by atoms with van der Waals surface area (Å²) in [4.78, 5) is 6.46. The minimum Gasteiger partial charge on any atom is -0.469 e. The molecular formula is C44H39BN2OS. The Kier molecular flexibility index (Phi) is 5.91. The van der Waals surface area contributed by atoms with Gasteiger partial charge in [0.1, 0.15) is 5.58 Å². The van der Waals surface area contributed by atoms with Crippen LogP contribution in [0, 0.1) is 13.8 Å². The van der Waals surface area contributed by atoms with Crippen LogP contribution in [0.2, 0.25) is 0 Å². The van der Waals surface area contributed by atoms with Gasteiger partial charge < -0.3 is 14.3 Å². The highest BCUT2D eigenvalue weighted by Crippen LogP contribution is 2.51. The van der Waals surface area contributed by atoms with E-state index in [1.54, 1.807) is 0 Å². The number of H-pyrrole nitrogens is 1. The second-order valence-corrected chi connectivity index (χ2v) is 16.9. The molecular weight excluding hydrogens is 615 g/mol. The van der Waals surface area contributed by atoms with Gasteiger partial charge in [-0.15, -0.1) is 11.3 Å². The maximum atomic E-state index is 6.77. The van der Waals surface area contributed by atoms with Gasteiger partial charge in [0, 0.05) is 37.8 Å². The molecule has 0 saturated heterocycles. The number of aromatic nitrogens is 1. The second-order valence-electron chi connectivity index (χ2n) is 15.8. The number of nitrogens with one attached hydrogen (secondary N) is 1. The van der Waals surface area contributed by atoms with Crippen molar-refractivity contribution in [3.8, 4) is 11.1 Å². The zero-order valence-electron chi connectivity index (χ0n) is 29.0. The fraction of sp³-hybridized carbons (Fsp3) is 0.227. The van der Waals surface area contributed by atoms with Crippen molar-refractivity contribution in [1.29, 1.82) is 0 Å².